The molecule has 0 saturated carbocycles. The molecule has 7 heteroatoms. The van der Waals surface area contributed by atoms with E-state index in [9.17, 15) is 14.4 Å². The molecule has 2 aliphatic rings. The van der Waals surface area contributed by atoms with Gasteiger partial charge in [-0.2, -0.15) is 0 Å². The average Bonchev–Trinajstić information content (AvgIpc) is 3.09. The van der Waals surface area contributed by atoms with Gasteiger partial charge in [0.1, 0.15) is 6.04 Å². The molecule has 4 amide bonds. The quantitative estimate of drug-likeness (QED) is 0.747. The van der Waals surface area contributed by atoms with Crippen LogP contribution in [-0.2, 0) is 9.59 Å². The Kier molecular flexibility index (Phi) is 5.79. The number of piperidine rings is 1. The Labute approximate surface area is 175 Å². The minimum Gasteiger partial charge on any atom is -0.342 e. The number of nitrogens with one attached hydrogen (secondary N) is 2. The summed E-state index contributed by atoms with van der Waals surface area (Å²) in [4.78, 5) is 42.3. The fourth-order valence-electron chi connectivity index (χ4n) is 4.23. The first-order valence-electron chi connectivity index (χ1n) is 10.4. The van der Waals surface area contributed by atoms with Gasteiger partial charge in [-0.25, -0.2) is 4.79 Å². The standard InChI is InChI=1S/C23H26N4O3/c1-15-12-18(16-6-3-2-4-7-16)13-20(24-15)17-8-5-11-27(14-17)21(28)10-9-19-22(29)26-23(30)25-19/h2-4,6-7,12-13,17,19H,5,8-11,14H2,1H3,(H2,25,26,29,30)/t17-,19+/m0/s1. The van der Waals surface area contributed by atoms with Crippen molar-refractivity contribution in [3.05, 3.63) is 53.9 Å². The Morgan fingerprint density at radius 3 is 2.70 bits per heavy atom. The molecule has 1 aromatic heterocycles. The van der Waals surface area contributed by atoms with E-state index >= 15 is 0 Å². The van der Waals surface area contributed by atoms with Crippen molar-refractivity contribution in [2.75, 3.05) is 13.1 Å². The first-order valence-corrected chi connectivity index (χ1v) is 10.4. The van der Waals surface area contributed by atoms with Gasteiger partial charge in [0.2, 0.25) is 5.91 Å². The van der Waals surface area contributed by atoms with E-state index in [-0.39, 0.29) is 24.2 Å². The SMILES string of the molecule is Cc1cc(-c2ccccc2)cc([C@H]2CCCN(C(=O)CC[C@H]3NC(=O)NC3=O)C2)n1. The first kappa shape index (κ1) is 20.1. The summed E-state index contributed by atoms with van der Waals surface area (Å²) in [6, 6.07) is 13.4. The van der Waals surface area contributed by atoms with Crippen molar-refractivity contribution in [1.29, 1.82) is 0 Å². The molecule has 2 aromatic rings. The minimum atomic E-state index is -0.617. The number of amides is 4. The monoisotopic (exact) mass is 406 g/mol. The number of imide groups is 1. The van der Waals surface area contributed by atoms with Crippen molar-refractivity contribution in [3.8, 4) is 11.1 Å². The van der Waals surface area contributed by atoms with Crippen LogP contribution >= 0.6 is 0 Å². The van der Waals surface area contributed by atoms with Crippen LogP contribution < -0.4 is 10.6 Å². The molecule has 0 spiro atoms. The Morgan fingerprint density at radius 2 is 1.97 bits per heavy atom. The molecule has 2 aliphatic heterocycles. The van der Waals surface area contributed by atoms with Gasteiger partial charge in [-0.05, 0) is 49.4 Å². The molecule has 156 valence electrons. The third-order valence-corrected chi connectivity index (χ3v) is 5.78. The summed E-state index contributed by atoms with van der Waals surface area (Å²) in [7, 11) is 0. The summed E-state index contributed by atoms with van der Waals surface area (Å²) < 4.78 is 0. The molecule has 0 radical (unpaired) electrons. The lowest BCUT2D eigenvalue weighted by Crippen LogP contribution is -2.40. The van der Waals surface area contributed by atoms with Gasteiger partial charge in [0.25, 0.3) is 5.91 Å². The predicted octanol–water partition coefficient (Wildman–Crippen LogP) is 2.75. The second-order valence-electron chi connectivity index (χ2n) is 8.02. The molecule has 2 saturated heterocycles. The fourth-order valence-corrected chi connectivity index (χ4v) is 4.23. The highest BCUT2D eigenvalue weighted by atomic mass is 16.2. The number of benzene rings is 1. The van der Waals surface area contributed by atoms with Crippen LogP contribution in [0.25, 0.3) is 11.1 Å². The lowest BCUT2D eigenvalue weighted by molar-refractivity contribution is -0.132. The number of likely N-dealkylation sites (tertiary alicyclic amines) is 1. The van der Waals surface area contributed by atoms with Gasteiger partial charge in [0, 0.05) is 36.8 Å². The molecule has 0 unspecified atom stereocenters. The molecule has 4 rings (SSSR count). The number of aryl methyl sites for hydroxylation is 1. The van der Waals surface area contributed by atoms with Crippen molar-refractivity contribution in [1.82, 2.24) is 20.5 Å². The van der Waals surface area contributed by atoms with Crippen LogP contribution in [0, 0.1) is 6.92 Å². The number of hydrogen-bond acceptors (Lipinski definition) is 4. The largest absolute Gasteiger partial charge is 0.342 e. The lowest BCUT2D eigenvalue weighted by atomic mass is 9.92. The molecule has 2 N–H and O–H groups in total. The summed E-state index contributed by atoms with van der Waals surface area (Å²) in [5.41, 5.74) is 4.29. The van der Waals surface area contributed by atoms with Crippen LogP contribution in [0.4, 0.5) is 4.79 Å². The normalized spacial score (nSPS) is 21.3. The first-order chi connectivity index (χ1) is 14.5. The smallest absolute Gasteiger partial charge is 0.322 e. The maximum atomic E-state index is 12.7. The van der Waals surface area contributed by atoms with Gasteiger partial charge in [-0.1, -0.05) is 30.3 Å². The van der Waals surface area contributed by atoms with E-state index in [0.29, 0.717) is 13.0 Å². The Hall–Kier alpha value is -3.22. The second kappa shape index (κ2) is 8.65. The highest BCUT2D eigenvalue weighted by molar-refractivity contribution is 6.04. The minimum absolute atomic E-state index is 0.0181. The second-order valence-corrected chi connectivity index (χ2v) is 8.02. The van der Waals surface area contributed by atoms with Gasteiger partial charge in [-0.15, -0.1) is 0 Å². The maximum absolute atomic E-state index is 12.7. The molecule has 30 heavy (non-hydrogen) atoms. The maximum Gasteiger partial charge on any atom is 0.322 e. The zero-order valence-electron chi connectivity index (χ0n) is 17.1. The number of urea groups is 1. The van der Waals surface area contributed by atoms with E-state index in [1.165, 1.54) is 0 Å². The van der Waals surface area contributed by atoms with Gasteiger partial charge < -0.3 is 10.2 Å². The van der Waals surface area contributed by atoms with Crippen molar-refractivity contribution in [2.45, 2.75) is 44.6 Å². The van der Waals surface area contributed by atoms with E-state index in [1.54, 1.807) is 0 Å². The Balaban J connectivity index is 1.42. The number of carbonyl (C=O) groups excluding carboxylic acids is 3. The summed E-state index contributed by atoms with van der Waals surface area (Å²) in [6.07, 6.45) is 2.48. The summed E-state index contributed by atoms with van der Waals surface area (Å²) in [5.74, 6) is -0.147. The third-order valence-electron chi connectivity index (χ3n) is 5.78. The average molecular weight is 406 g/mol. The lowest BCUT2D eigenvalue weighted by Gasteiger charge is -2.33. The molecule has 2 fully saturated rings. The van der Waals surface area contributed by atoms with Crippen molar-refractivity contribution < 1.29 is 14.4 Å². The molecule has 2 atom stereocenters. The van der Waals surface area contributed by atoms with Crippen LogP contribution in [0.2, 0.25) is 0 Å². The van der Waals surface area contributed by atoms with Crippen LogP contribution in [-0.4, -0.2) is 46.9 Å². The van der Waals surface area contributed by atoms with Crippen molar-refractivity contribution in [3.63, 3.8) is 0 Å². The molecule has 1 aromatic carbocycles. The van der Waals surface area contributed by atoms with Crippen molar-refractivity contribution >= 4 is 17.8 Å². The summed E-state index contributed by atoms with van der Waals surface area (Å²) in [6.45, 7) is 3.35. The molecule has 7 nitrogen and oxygen atoms in total. The number of rotatable bonds is 5. The van der Waals surface area contributed by atoms with Gasteiger partial charge in [0.05, 0.1) is 0 Å². The van der Waals surface area contributed by atoms with Crippen LogP contribution in [0.1, 0.15) is 43.0 Å². The summed E-state index contributed by atoms with van der Waals surface area (Å²) >= 11 is 0. The molecule has 0 aliphatic carbocycles. The van der Waals surface area contributed by atoms with E-state index in [1.807, 2.05) is 30.0 Å². The molecular formula is C23H26N4O3. The Morgan fingerprint density at radius 1 is 1.17 bits per heavy atom. The zero-order chi connectivity index (χ0) is 21.1. The van der Waals surface area contributed by atoms with Crippen LogP contribution in [0.15, 0.2) is 42.5 Å². The van der Waals surface area contributed by atoms with Crippen molar-refractivity contribution in [2.24, 2.45) is 0 Å². The highest BCUT2D eigenvalue weighted by Gasteiger charge is 2.31. The number of aromatic nitrogens is 1. The fraction of sp³-hybridized carbons (Fsp3) is 0.391. The van der Waals surface area contributed by atoms with E-state index in [0.717, 1.165) is 41.9 Å². The van der Waals surface area contributed by atoms with Gasteiger partial charge >= 0.3 is 6.03 Å². The van der Waals surface area contributed by atoms with Crippen LogP contribution in [0.5, 0.6) is 0 Å². The molecule has 3 heterocycles. The predicted molar refractivity (Wildman–Crippen MR) is 113 cm³/mol. The number of nitrogens with zero attached hydrogens (tertiary/aromatic N) is 2. The van der Waals surface area contributed by atoms with Gasteiger partial charge in [-0.3, -0.25) is 19.9 Å². The van der Waals surface area contributed by atoms with E-state index in [4.69, 9.17) is 4.98 Å². The number of hydrogen-bond donors (Lipinski definition) is 2. The number of pyridine rings is 1. The zero-order valence-corrected chi connectivity index (χ0v) is 17.1. The van der Waals surface area contributed by atoms with E-state index in [2.05, 4.69) is 34.9 Å². The summed E-state index contributed by atoms with van der Waals surface area (Å²) in [5, 5.41) is 4.74. The molecular weight excluding hydrogens is 380 g/mol. The van der Waals surface area contributed by atoms with E-state index < -0.39 is 12.1 Å². The topological polar surface area (TPSA) is 91.4 Å². The van der Waals surface area contributed by atoms with Gasteiger partial charge in [0.15, 0.2) is 0 Å². The van der Waals surface area contributed by atoms with Crippen LogP contribution in [0.3, 0.4) is 0 Å². The number of carbonyl (C=O) groups is 3. The Bertz CT molecular complexity index is 960. The highest BCUT2D eigenvalue weighted by Crippen LogP contribution is 2.30. The molecule has 0 bridgehead atoms. The third kappa shape index (κ3) is 4.50.